The first kappa shape index (κ1) is 6.88. The van der Waals surface area contributed by atoms with Gasteiger partial charge in [0.1, 0.15) is 0 Å². The molecule has 52 valence electrons. The van der Waals surface area contributed by atoms with Gasteiger partial charge in [0.05, 0.1) is 6.54 Å². The summed E-state index contributed by atoms with van der Waals surface area (Å²) in [7, 11) is 0. The van der Waals surface area contributed by atoms with Gasteiger partial charge in [0.15, 0.2) is 0 Å². The van der Waals surface area contributed by atoms with Crippen molar-refractivity contribution in [3.63, 3.8) is 0 Å². The lowest BCUT2D eigenvalue weighted by Gasteiger charge is -2.12. The van der Waals surface area contributed by atoms with Crippen LogP contribution in [0.1, 0.15) is 12.8 Å². The smallest absolute Gasteiger partial charge is 0.247 e. The molecule has 1 aliphatic carbocycles. The van der Waals surface area contributed by atoms with Crippen LogP contribution < -0.4 is 5.32 Å². The zero-order valence-electron chi connectivity index (χ0n) is 5.68. The highest BCUT2D eigenvalue weighted by molar-refractivity contribution is 5.94. The number of carbonyl (C=O) groups is 1. The molecule has 0 bridgehead atoms. The van der Waals surface area contributed by atoms with Gasteiger partial charge in [0.2, 0.25) is 5.91 Å². The Labute approximate surface area is 60.3 Å². The lowest BCUT2D eigenvalue weighted by atomic mass is 9.98. The molecule has 1 aliphatic rings. The molecular weight excluding hydrogens is 126 g/mol. The van der Waals surface area contributed by atoms with Crippen LogP contribution in [-0.2, 0) is 4.79 Å². The Morgan fingerprint density at radius 2 is 2.60 bits per heavy atom. The van der Waals surface area contributed by atoms with E-state index in [1.54, 1.807) is 0 Å². The molecule has 0 heterocycles. The van der Waals surface area contributed by atoms with E-state index in [1.165, 1.54) is 0 Å². The fourth-order valence-electron chi connectivity index (χ4n) is 0.740. The predicted octanol–water partition coefficient (Wildman–Crippen LogP) is 0.456. The summed E-state index contributed by atoms with van der Waals surface area (Å²) in [6.45, 7) is 0.330. The average Bonchev–Trinajstić information content (AvgIpc) is 1.79. The molecule has 0 aliphatic heterocycles. The summed E-state index contributed by atoms with van der Waals surface area (Å²) in [6.07, 6.45) is 8.80. The van der Waals surface area contributed by atoms with Crippen LogP contribution in [0.5, 0.6) is 0 Å². The topological polar surface area (TPSA) is 29.1 Å². The van der Waals surface area contributed by atoms with E-state index in [9.17, 15) is 4.79 Å². The lowest BCUT2D eigenvalue weighted by Crippen LogP contribution is -2.27. The van der Waals surface area contributed by atoms with Gasteiger partial charge in [-0.2, -0.15) is 0 Å². The molecule has 0 spiro atoms. The minimum atomic E-state index is -0.01000. The second kappa shape index (κ2) is 3.07. The zero-order chi connectivity index (χ0) is 7.40. The largest absolute Gasteiger partial charge is 0.341 e. The van der Waals surface area contributed by atoms with Gasteiger partial charge in [-0.1, -0.05) is 12.0 Å². The molecule has 0 radical (unpaired) electrons. The first-order valence-electron chi connectivity index (χ1n) is 3.25. The van der Waals surface area contributed by atoms with Gasteiger partial charge >= 0.3 is 0 Å². The minimum Gasteiger partial charge on any atom is -0.341 e. The molecule has 1 amide bonds. The van der Waals surface area contributed by atoms with Crippen LogP contribution in [0.15, 0.2) is 11.6 Å². The number of rotatable bonds is 2. The van der Waals surface area contributed by atoms with Crippen LogP contribution in [0.25, 0.3) is 0 Å². The van der Waals surface area contributed by atoms with Crippen molar-refractivity contribution in [3.05, 3.63) is 11.6 Å². The molecule has 0 saturated heterocycles. The highest BCUT2D eigenvalue weighted by atomic mass is 16.1. The quantitative estimate of drug-likeness (QED) is 0.547. The van der Waals surface area contributed by atoms with Gasteiger partial charge in [-0.25, -0.2) is 0 Å². The van der Waals surface area contributed by atoms with Crippen LogP contribution in [0.2, 0.25) is 0 Å². The molecule has 0 saturated carbocycles. The van der Waals surface area contributed by atoms with Crippen molar-refractivity contribution in [2.75, 3.05) is 6.54 Å². The lowest BCUT2D eigenvalue weighted by molar-refractivity contribution is -0.117. The molecule has 2 nitrogen and oxygen atoms in total. The van der Waals surface area contributed by atoms with Crippen molar-refractivity contribution in [2.24, 2.45) is 0 Å². The molecule has 1 N–H and O–H groups in total. The average molecular weight is 135 g/mol. The molecule has 0 atom stereocenters. The summed E-state index contributed by atoms with van der Waals surface area (Å²) in [5, 5.41) is 2.59. The maximum absolute atomic E-state index is 10.9. The third-order valence-electron chi connectivity index (χ3n) is 1.45. The molecule has 1 rings (SSSR count). The normalized spacial score (nSPS) is 14.5. The Balaban J connectivity index is 2.29. The molecule has 10 heavy (non-hydrogen) atoms. The van der Waals surface area contributed by atoms with Crippen LogP contribution in [0, 0.1) is 12.3 Å². The standard InChI is InChI=1S/C8H9NO/c1-2-6-9-8(10)7-4-3-5-7/h1,4H,3,5-6H2,(H,9,10). The van der Waals surface area contributed by atoms with Crippen molar-refractivity contribution in [3.8, 4) is 12.3 Å². The third-order valence-corrected chi connectivity index (χ3v) is 1.45. The van der Waals surface area contributed by atoms with Crippen LogP contribution in [-0.4, -0.2) is 12.5 Å². The summed E-state index contributed by atoms with van der Waals surface area (Å²) in [5.74, 6) is 2.33. The SMILES string of the molecule is C#CCNC(=O)C1=CCC1. The van der Waals surface area contributed by atoms with Crippen molar-refractivity contribution >= 4 is 5.91 Å². The van der Waals surface area contributed by atoms with Crippen molar-refractivity contribution < 1.29 is 4.79 Å². The highest BCUT2D eigenvalue weighted by Crippen LogP contribution is 2.16. The van der Waals surface area contributed by atoms with E-state index in [-0.39, 0.29) is 5.91 Å². The minimum absolute atomic E-state index is 0.01000. The summed E-state index contributed by atoms with van der Waals surface area (Å²) >= 11 is 0. The van der Waals surface area contributed by atoms with Crippen LogP contribution in [0.4, 0.5) is 0 Å². The van der Waals surface area contributed by atoms with E-state index in [0.29, 0.717) is 6.54 Å². The van der Waals surface area contributed by atoms with Gasteiger partial charge in [0, 0.05) is 5.57 Å². The van der Waals surface area contributed by atoms with Crippen molar-refractivity contribution in [2.45, 2.75) is 12.8 Å². The Morgan fingerprint density at radius 3 is 3.00 bits per heavy atom. The molecule has 0 unspecified atom stereocenters. The highest BCUT2D eigenvalue weighted by Gasteiger charge is 2.12. The maximum Gasteiger partial charge on any atom is 0.247 e. The van der Waals surface area contributed by atoms with Gasteiger partial charge in [0.25, 0.3) is 0 Å². The van der Waals surface area contributed by atoms with E-state index in [1.807, 2.05) is 6.08 Å². The summed E-state index contributed by atoms with van der Waals surface area (Å²) in [5.41, 5.74) is 0.871. The number of hydrogen-bond acceptors (Lipinski definition) is 1. The fourth-order valence-corrected chi connectivity index (χ4v) is 0.740. The molecule has 2 heteroatoms. The number of allylic oxidation sites excluding steroid dienone is 1. The van der Waals surface area contributed by atoms with E-state index in [0.717, 1.165) is 18.4 Å². The predicted molar refractivity (Wildman–Crippen MR) is 39.2 cm³/mol. The molecule has 0 aromatic rings. The van der Waals surface area contributed by atoms with Gasteiger partial charge in [-0.3, -0.25) is 4.79 Å². The number of hydrogen-bond donors (Lipinski definition) is 1. The fraction of sp³-hybridized carbons (Fsp3) is 0.375. The number of nitrogens with one attached hydrogen (secondary N) is 1. The summed E-state index contributed by atoms with van der Waals surface area (Å²) < 4.78 is 0. The first-order valence-corrected chi connectivity index (χ1v) is 3.25. The van der Waals surface area contributed by atoms with Crippen molar-refractivity contribution in [1.29, 1.82) is 0 Å². The van der Waals surface area contributed by atoms with E-state index in [4.69, 9.17) is 6.42 Å². The summed E-state index contributed by atoms with van der Waals surface area (Å²) in [4.78, 5) is 10.9. The van der Waals surface area contributed by atoms with Gasteiger partial charge in [-0.05, 0) is 12.8 Å². The number of amides is 1. The second-order valence-electron chi connectivity index (χ2n) is 2.15. The number of carbonyl (C=O) groups excluding carboxylic acids is 1. The van der Waals surface area contributed by atoms with Crippen molar-refractivity contribution in [1.82, 2.24) is 5.32 Å². The Kier molecular flexibility index (Phi) is 2.11. The molecular formula is C8H9NO. The number of terminal acetylenes is 1. The first-order chi connectivity index (χ1) is 4.84. The Bertz CT molecular complexity index is 210. The second-order valence-corrected chi connectivity index (χ2v) is 2.15. The van der Waals surface area contributed by atoms with Crippen LogP contribution in [0.3, 0.4) is 0 Å². The zero-order valence-corrected chi connectivity index (χ0v) is 5.68. The van der Waals surface area contributed by atoms with Crippen LogP contribution >= 0.6 is 0 Å². The molecule has 0 aromatic heterocycles. The maximum atomic E-state index is 10.9. The van der Waals surface area contributed by atoms with E-state index >= 15 is 0 Å². The summed E-state index contributed by atoms with van der Waals surface area (Å²) in [6, 6.07) is 0. The molecule has 0 aromatic carbocycles. The van der Waals surface area contributed by atoms with Gasteiger partial charge in [-0.15, -0.1) is 6.42 Å². The third kappa shape index (κ3) is 1.38. The van der Waals surface area contributed by atoms with E-state index < -0.39 is 0 Å². The monoisotopic (exact) mass is 135 g/mol. The Hall–Kier alpha value is -1.23. The molecule has 0 fully saturated rings. The van der Waals surface area contributed by atoms with Gasteiger partial charge < -0.3 is 5.32 Å². The Morgan fingerprint density at radius 1 is 1.90 bits per heavy atom. The van der Waals surface area contributed by atoms with E-state index in [2.05, 4.69) is 11.2 Å².